The summed E-state index contributed by atoms with van der Waals surface area (Å²) >= 11 is 0. The molecule has 0 bridgehead atoms. The first kappa shape index (κ1) is 13.6. The molecule has 0 spiro atoms. The maximum absolute atomic E-state index is 5.58. The molecule has 0 N–H and O–H groups in total. The van der Waals surface area contributed by atoms with Crippen LogP contribution in [0.5, 0.6) is 0 Å². The Hall–Kier alpha value is -2.10. The van der Waals surface area contributed by atoms with Crippen molar-refractivity contribution in [3.63, 3.8) is 0 Å². The molecule has 3 aromatic rings. The zero-order chi connectivity index (χ0) is 14.8. The molecule has 1 fully saturated rings. The van der Waals surface area contributed by atoms with Crippen LogP contribution in [-0.2, 0) is 15.9 Å². The monoisotopic (exact) mass is 293 g/mol. The van der Waals surface area contributed by atoms with Crippen LogP contribution in [-0.4, -0.2) is 23.9 Å². The number of rotatable bonds is 4. The first-order valence-electron chi connectivity index (χ1n) is 7.79. The highest BCUT2D eigenvalue weighted by atomic mass is 16.7. The van der Waals surface area contributed by atoms with Gasteiger partial charge in [-0.05, 0) is 29.7 Å². The molecule has 1 aliphatic heterocycles. The van der Waals surface area contributed by atoms with Gasteiger partial charge in [0, 0.05) is 29.9 Å². The number of benzene rings is 1. The molecule has 1 aliphatic rings. The zero-order valence-corrected chi connectivity index (χ0v) is 12.4. The SMILES string of the molecule is c1ccc(-c2cn3ccccc3c2CCC2OCCO2)cc1. The summed E-state index contributed by atoms with van der Waals surface area (Å²) in [7, 11) is 0. The highest BCUT2D eigenvalue weighted by molar-refractivity contribution is 5.76. The van der Waals surface area contributed by atoms with E-state index >= 15 is 0 Å². The smallest absolute Gasteiger partial charge is 0.158 e. The average Bonchev–Trinajstić information content (AvgIpc) is 3.21. The second kappa shape index (κ2) is 5.95. The molecule has 22 heavy (non-hydrogen) atoms. The quantitative estimate of drug-likeness (QED) is 0.728. The number of pyridine rings is 1. The molecule has 0 amide bonds. The number of aryl methyl sites for hydroxylation is 1. The molecule has 112 valence electrons. The van der Waals surface area contributed by atoms with Crippen LogP contribution in [0.15, 0.2) is 60.9 Å². The second-order valence-electron chi connectivity index (χ2n) is 5.59. The van der Waals surface area contributed by atoms with Crippen LogP contribution >= 0.6 is 0 Å². The van der Waals surface area contributed by atoms with Gasteiger partial charge in [0.15, 0.2) is 6.29 Å². The van der Waals surface area contributed by atoms with Crippen molar-refractivity contribution < 1.29 is 9.47 Å². The van der Waals surface area contributed by atoms with Crippen molar-refractivity contribution in [3.8, 4) is 11.1 Å². The maximum Gasteiger partial charge on any atom is 0.158 e. The van der Waals surface area contributed by atoms with Gasteiger partial charge in [-0.15, -0.1) is 0 Å². The lowest BCUT2D eigenvalue weighted by Crippen LogP contribution is -2.08. The summed E-state index contributed by atoms with van der Waals surface area (Å²) in [6.45, 7) is 1.43. The zero-order valence-electron chi connectivity index (χ0n) is 12.4. The van der Waals surface area contributed by atoms with Gasteiger partial charge >= 0.3 is 0 Å². The van der Waals surface area contributed by atoms with Gasteiger partial charge in [-0.1, -0.05) is 36.4 Å². The van der Waals surface area contributed by atoms with Crippen LogP contribution in [0.25, 0.3) is 16.6 Å². The van der Waals surface area contributed by atoms with Gasteiger partial charge in [-0.25, -0.2) is 0 Å². The van der Waals surface area contributed by atoms with Crippen molar-refractivity contribution in [3.05, 3.63) is 66.5 Å². The van der Waals surface area contributed by atoms with Crippen LogP contribution in [0.4, 0.5) is 0 Å². The Morgan fingerprint density at radius 2 is 1.73 bits per heavy atom. The average molecular weight is 293 g/mol. The summed E-state index contributed by atoms with van der Waals surface area (Å²) in [5, 5.41) is 0. The predicted molar refractivity (Wildman–Crippen MR) is 86.8 cm³/mol. The van der Waals surface area contributed by atoms with Gasteiger partial charge in [-0.3, -0.25) is 0 Å². The molecular formula is C19H19NO2. The topological polar surface area (TPSA) is 22.9 Å². The molecule has 4 rings (SSSR count). The molecule has 1 saturated heterocycles. The Kier molecular flexibility index (Phi) is 3.67. The fourth-order valence-corrected chi connectivity index (χ4v) is 3.14. The van der Waals surface area contributed by atoms with Gasteiger partial charge in [-0.2, -0.15) is 0 Å². The fourth-order valence-electron chi connectivity index (χ4n) is 3.14. The molecule has 3 heterocycles. The summed E-state index contributed by atoms with van der Waals surface area (Å²) in [6, 6.07) is 16.9. The van der Waals surface area contributed by atoms with E-state index in [4.69, 9.17) is 9.47 Å². The Bertz CT molecular complexity index is 757. The normalized spacial score (nSPS) is 15.6. The highest BCUT2D eigenvalue weighted by Crippen LogP contribution is 2.30. The Morgan fingerprint density at radius 3 is 2.55 bits per heavy atom. The van der Waals surface area contributed by atoms with Crippen molar-refractivity contribution in [2.75, 3.05) is 13.2 Å². The van der Waals surface area contributed by atoms with E-state index in [9.17, 15) is 0 Å². The third-order valence-electron chi connectivity index (χ3n) is 4.20. The third-order valence-corrected chi connectivity index (χ3v) is 4.20. The summed E-state index contributed by atoms with van der Waals surface area (Å²) in [5.74, 6) is 0. The number of nitrogens with zero attached hydrogens (tertiary/aromatic N) is 1. The molecule has 2 aromatic heterocycles. The van der Waals surface area contributed by atoms with Gasteiger partial charge in [0.05, 0.1) is 13.2 Å². The van der Waals surface area contributed by atoms with E-state index in [1.54, 1.807) is 0 Å². The summed E-state index contributed by atoms with van der Waals surface area (Å²) in [4.78, 5) is 0. The van der Waals surface area contributed by atoms with Crippen LogP contribution in [0.1, 0.15) is 12.0 Å². The molecule has 0 aliphatic carbocycles. The lowest BCUT2D eigenvalue weighted by atomic mass is 10.00. The predicted octanol–water partition coefficient (Wildman–Crippen LogP) is 3.91. The van der Waals surface area contributed by atoms with Gasteiger partial charge in [0.2, 0.25) is 0 Å². The molecule has 3 nitrogen and oxygen atoms in total. The number of hydrogen-bond donors (Lipinski definition) is 0. The number of fused-ring (bicyclic) bond motifs is 1. The van der Waals surface area contributed by atoms with Gasteiger partial charge in [0.1, 0.15) is 0 Å². The van der Waals surface area contributed by atoms with E-state index in [-0.39, 0.29) is 6.29 Å². The highest BCUT2D eigenvalue weighted by Gasteiger charge is 2.18. The molecule has 0 radical (unpaired) electrons. The Labute approximate surface area is 130 Å². The molecule has 3 heteroatoms. The molecule has 0 atom stereocenters. The fraction of sp³-hybridized carbons (Fsp3) is 0.263. The van der Waals surface area contributed by atoms with Crippen molar-refractivity contribution in [2.24, 2.45) is 0 Å². The lowest BCUT2D eigenvalue weighted by molar-refractivity contribution is -0.0461. The van der Waals surface area contributed by atoms with E-state index in [0.29, 0.717) is 13.2 Å². The first-order valence-corrected chi connectivity index (χ1v) is 7.79. The standard InChI is InChI=1S/C19H19NO2/c1-2-6-15(7-3-1)17-14-20-11-5-4-8-18(20)16(17)9-10-19-21-12-13-22-19/h1-8,11,14,19H,9-10,12-13H2. The molecular weight excluding hydrogens is 274 g/mol. The van der Waals surface area contributed by atoms with Gasteiger partial charge in [0.25, 0.3) is 0 Å². The van der Waals surface area contributed by atoms with E-state index in [2.05, 4.69) is 65.3 Å². The summed E-state index contributed by atoms with van der Waals surface area (Å²) < 4.78 is 13.4. The molecule has 0 unspecified atom stereocenters. The minimum Gasteiger partial charge on any atom is -0.350 e. The van der Waals surface area contributed by atoms with Gasteiger partial charge < -0.3 is 13.9 Å². The number of aromatic nitrogens is 1. The minimum atomic E-state index is -0.0534. The van der Waals surface area contributed by atoms with Crippen LogP contribution < -0.4 is 0 Å². The Morgan fingerprint density at radius 1 is 0.955 bits per heavy atom. The maximum atomic E-state index is 5.58. The van der Waals surface area contributed by atoms with Crippen molar-refractivity contribution in [2.45, 2.75) is 19.1 Å². The molecule has 0 saturated carbocycles. The van der Waals surface area contributed by atoms with E-state index in [0.717, 1.165) is 12.8 Å². The van der Waals surface area contributed by atoms with E-state index < -0.39 is 0 Å². The number of hydrogen-bond acceptors (Lipinski definition) is 2. The van der Waals surface area contributed by atoms with E-state index in [1.165, 1.54) is 22.2 Å². The molecule has 1 aromatic carbocycles. The van der Waals surface area contributed by atoms with Crippen LogP contribution in [0.2, 0.25) is 0 Å². The third kappa shape index (κ3) is 2.54. The largest absolute Gasteiger partial charge is 0.350 e. The second-order valence-corrected chi connectivity index (χ2v) is 5.59. The van der Waals surface area contributed by atoms with Crippen molar-refractivity contribution >= 4 is 5.52 Å². The van der Waals surface area contributed by atoms with Crippen LogP contribution in [0, 0.1) is 0 Å². The summed E-state index contributed by atoms with van der Waals surface area (Å²) in [6.07, 6.45) is 6.12. The van der Waals surface area contributed by atoms with E-state index in [1.807, 2.05) is 0 Å². The number of ether oxygens (including phenoxy) is 2. The minimum absolute atomic E-state index is 0.0534. The Balaban J connectivity index is 1.73. The summed E-state index contributed by atoms with van der Waals surface area (Å²) in [5.41, 5.74) is 5.18. The lowest BCUT2D eigenvalue weighted by Gasteiger charge is -2.10. The van der Waals surface area contributed by atoms with Crippen molar-refractivity contribution in [1.29, 1.82) is 0 Å². The van der Waals surface area contributed by atoms with Crippen molar-refractivity contribution in [1.82, 2.24) is 4.40 Å². The first-order chi connectivity index (χ1) is 10.9. The van der Waals surface area contributed by atoms with Crippen LogP contribution in [0.3, 0.4) is 0 Å².